The summed E-state index contributed by atoms with van der Waals surface area (Å²) in [6, 6.07) is 7.59. The maximum absolute atomic E-state index is 10.7. The lowest BCUT2D eigenvalue weighted by Crippen LogP contribution is -2.09. The van der Waals surface area contributed by atoms with Gasteiger partial charge in [0.25, 0.3) is 0 Å². The van der Waals surface area contributed by atoms with Gasteiger partial charge in [0, 0.05) is 17.0 Å². The fourth-order valence-electron chi connectivity index (χ4n) is 1.72. The van der Waals surface area contributed by atoms with Crippen LogP contribution >= 0.6 is 11.8 Å². The zero-order valence-corrected chi connectivity index (χ0v) is 11.9. The van der Waals surface area contributed by atoms with E-state index in [-0.39, 0.29) is 0 Å². The molecule has 0 amide bonds. The van der Waals surface area contributed by atoms with Crippen molar-refractivity contribution < 1.29 is 4.79 Å². The van der Waals surface area contributed by atoms with Crippen LogP contribution in [0.5, 0.6) is 0 Å². The van der Waals surface area contributed by atoms with Gasteiger partial charge in [-0.25, -0.2) is 9.67 Å². The number of aromatic nitrogens is 3. The first-order valence-corrected chi connectivity index (χ1v) is 7.22. The number of carbonyl (C=O) groups excluding carboxylic acids is 1. The molecule has 0 saturated heterocycles. The number of rotatable bonds is 6. The number of nitrogens with zero attached hydrogens (tertiary/aromatic N) is 3. The maximum atomic E-state index is 10.7. The van der Waals surface area contributed by atoms with Gasteiger partial charge in [0.1, 0.15) is 18.4 Å². The van der Waals surface area contributed by atoms with Crippen LogP contribution in [-0.4, -0.2) is 21.1 Å². The minimum absolute atomic E-state index is 0.545. The summed E-state index contributed by atoms with van der Waals surface area (Å²) in [5.41, 5.74) is 0.702. The Kier molecular flexibility index (Phi) is 4.74. The molecule has 0 spiro atoms. The molecule has 0 radical (unpaired) electrons. The van der Waals surface area contributed by atoms with E-state index in [4.69, 9.17) is 0 Å². The molecule has 0 aliphatic heterocycles. The van der Waals surface area contributed by atoms with Crippen LogP contribution < -0.4 is 0 Å². The van der Waals surface area contributed by atoms with Gasteiger partial charge in [-0.05, 0) is 18.1 Å². The van der Waals surface area contributed by atoms with Crippen LogP contribution in [-0.2, 0) is 12.3 Å². The monoisotopic (exact) mass is 275 g/mol. The maximum Gasteiger partial charge on any atom is 0.150 e. The molecular weight excluding hydrogens is 258 g/mol. The molecule has 0 aliphatic carbocycles. The number of hydrogen-bond acceptors (Lipinski definition) is 4. The van der Waals surface area contributed by atoms with E-state index in [0.717, 1.165) is 29.3 Å². The Morgan fingerprint density at radius 2 is 2.26 bits per heavy atom. The van der Waals surface area contributed by atoms with E-state index >= 15 is 0 Å². The van der Waals surface area contributed by atoms with Crippen LogP contribution in [0.3, 0.4) is 0 Å². The predicted molar refractivity (Wildman–Crippen MR) is 76.3 cm³/mol. The van der Waals surface area contributed by atoms with Gasteiger partial charge in [-0.1, -0.05) is 26.0 Å². The highest BCUT2D eigenvalue weighted by Gasteiger charge is 2.07. The molecule has 0 saturated carbocycles. The number of benzene rings is 1. The van der Waals surface area contributed by atoms with Crippen molar-refractivity contribution in [2.24, 2.45) is 5.92 Å². The summed E-state index contributed by atoms with van der Waals surface area (Å²) in [4.78, 5) is 16.1. The van der Waals surface area contributed by atoms with Gasteiger partial charge in [-0.15, -0.1) is 11.8 Å². The molecule has 0 N–H and O–H groups in total. The Labute approximate surface area is 117 Å². The summed E-state index contributed by atoms with van der Waals surface area (Å²) >= 11 is 1.67. The first-order valence-electron chi connectivity index (χ1n) is 6.23. The van der Waals surface area contributed by atoms with Crippen LogP contribution in [0.15, 0.2) is 35.5 Å². The Balaban J connectivity index is 2.02. The van der Waals surface area contributed by atoms with Crippen molar-refractivity contribution in [3.8, 4) is 0 Å². The molecule has 2 aromatic rings. The van der Waals surface area contributed by atoms with Gasteiger partial charge in [-0.2, -0.15) is 5.10 Å². The smallest absolute Gasteiger partial charge is 0.150 e. The summed E-state index contributed by atoms with van der Waals surface area (Å²) in [6.07, 6.45) is 2.46. The third-order valence-corrected chi connectivity index (χ3v) is 3.59. The van der Waals surface area contributed by atoms with Crippen molar-refractivity contribution in [3.05, 3.63) is 42.0 Å². The molecule has 1 aromatic heterocycles. The molecular formula is C14H17N3OS. The second-order valence-corrected chi connectivity index (χ2v) is 5.78. The normalized spacial score (nSPS) is 10.9. The third kappa shape index (κ3) is 3.92. The fourth-order valence-corrected chi connectivity index (χ4v) is 2.64. The van der Waals surface area contributed by atoms with E-state index in [9.17, 15) is 4.79 Å². The average molecular weight is 275 g/mol. The number of hydrogen-bond donors (Lipinski definition) is 0. The van der Waals surface area contributed by atoms with Crippen LogP contribution in [0.4, 0.5) is 0 Å². The van der Waals surface area contributed by atoms with Gasteiger partial charge in [0.2, 0.25) is 0 Å². The topological polar surface area (TPSA) is 47.8 Å². The second kappa shape index (κ2) is 6.52. The minimum Gasteiger partial charge on any atom is -0.298 e. The van der Waals surface area contributed by atoms with Crippen LogP contribution in [0, 0.1) is 5.92 Å². The molecule has 4 nitrogen and oxygen atoms in total. The summed E-state index contributed by atoms with van der Waals surface area (Å²) in [7, 11) is 0. The molecule has 19 heavy (non-hydrogen) atoms. The molecule has 1 heterocycles. The van der Waals surface area contributed by atoms with Gasteiger partial charge >= 0.3 is 0 Å². The Morgan fingerprint density at radius 1 is 1.42 bits per heavy atom. The average Bonchev–Trinajstić information content (AvgIpc) is 2.83. The quantitative estimate of drug-likeness (QED) is 0.600. The molecule has 0 fully saturated rings. The van der Waals surface area contributed by atoms with Crippen LogP contribution in [0.1, 0.15) is 30.0 Å². The minimum atomic E-state index is 0.545. The highest BCUT2D eigenvalue weighted by molar-refractivity contribution is 7.98. The third-order valence-electron chi connectivity index (χ3n) is 2.60. The van der Waals surface area contributed by atoms with Crippen LogP contribution in [0.25, 0.3) is 0 Å². The second-order valence-electron chi connectivity index (χ2n) is 4.73. The summed E-state index contributed by atoms with van der Waals surface area (Å²) < 4.78 is 1.95. The summed E-state index contributed by atoms with van der Waals surface area (Å²) in [6.45, 7) is 5.20. The van der Waals surface area contributed by atoms with E-state index in [1.165, 1.54) is 0 Å². The number of aldehydes is 1. The van der Waals surface area contributed by atoms with E-state index in [0.29, 0.717) is 11.5 Å². The standard InChI is InChI=1S/C14H17N3OS/c1-11(2)7-17-14(15-10-16-17)9-19-13-5-3-4-12(6-13)8-18/h3-6,8,10-11H,7,9H2,1-2H3. The fraction of sp³-hybridized carbons (Fsp3) is 0.357. The van der Waals surface area contributed by atoms with E-state index in [2.05, 4.69) is 23.9 Å². The molecule has 1 aromatic carbocycles. The van der Waals surface area contributed by atoms with Gasteiger partial charge in [-0.3, -0.25) is 4.79 Å². The molecule has 0 unspecified atom stereocenters. The highest BCUT2D eigenvalue weighted by atomic mass is 32.2. The van der Waals surface area contributed by atoms with Gasteiger partial charge in [0.15, 0.2) is 0 Å². The molecule has 100 valence electrons. The molecule has 5 heteroatoms. The van der Waals surface area contributed by atoms with Crippen molar-refractivity contribution in [1.82, 2.24) is 14.8 Å². The highest BCUT2D eigenvalue weighted by Crippen LogP contribution is 2.22. The molecule has 0 atom stereocenters. The first kappa shape index (κ1) is 13.8. The number of thioether (sulfide) groups is 1. The molecule has 0 bridgehead atoms. The van der Waals surface area contributed by atoms with Crippen LogP contribution in [0.2, 0.25) is 0 Å². The van der Waals surface area contributed by atoms with E-state index in [1.807, 2.05) is 22.9 Å². The van der Waals surface area contributed by atoms with Crippen molar-refractivity contribution >= 4 is 18.0 Å². The Hall–Kier alpha value is -1.62. The molecule has 0 aliphatic rings. The zero-order valence-electron chi connectivity index (χ0n) is 11.1. The van der Waals surface area contributed by atoms with Gasteiger partial charge < -0.3 is 0 Å². The van der Waals surface area contributed by atoms with E-state index < -0.39 is 0 Å². The Morgan fingerprint density at radius 3 is 3.00 bits per heavy atom. The SMILES string of the molecule is CC(C)Cn1ncnc1CSc1cccc(C=O)c1. The van der Waals surface area contributed by atoms with Crippen molar-refractivity contribution in [1.29, 1.82) is 0 Å². The lowest BCUT2D eigenvalue weighted by molar-refractivity contribution is 0.112. The lowest BCUT2D eigenvalue weighted by atomic mass is 10.2. The Bertz CT molecular complexity index is 551. The number of carbonyl (C=O) groups is 1. The zero-order chi connectivity index (χ0) is 13.7. The van der Waals surface area contributed by atoms with E-state index in [1.54, 1.807) is 24.2 Å². The predicted octanol–water partition coefficient (Wildman–Crippen LogP) is 3.04. The van der Waals surface area contributed by atoms with Crippen molar-refractivity contribution in [2.75, 3.05) is 0 Å². The largest absolute Gasteiger partial charge is 0.298 e. The first-order chi connectivity index (χ1) is 9.19. The summed E-state index contributed by atoms with van der Waals surface area (Å²) in [5.74, 6) is 2.27. The van der Waals surface area contributed by atoms with Crippen molar-refractivity contribution in [2.45, 2.75) is 31.0 Å². The lowest BCUT2D eigenvalue weighted by Gasteiger charge is -2.08. The molecule has 2 rings (SSSR count). The van der Waals surface area contributed by atoms with Gasteiger partial charge in [0.05, 0.1) is 5.75 Å². The van der Waals surface area contributed by atoms with Crippen molar-refractivity contribution in [3.63, 3.8) is 0 Å². The summed E-state index contributed by atoms with van der Waals surface area (Å²) in [5, 5.41) is 4.24.